The second kappa shape index (κ2) is 8.09. The van der Waals surface area contributed by atoms with E-state index in [4.69, 9.17) is 4.74 Å². The van der Waals surface area contributed by atoms with E-state index in [0.717, 1.165) is 0 Å². The molecule has 3 amide bonds. The summed E-state index contributed by atoms with van der Waals surface area (Å²) in [5.74, 6) is -0.966. The maximum Gasteiger partial charge on any atom is 0.333 e. The van der Waals surface area contributed by atoms with Crippen molar-refractivity contribution < 1.29 is 19.1 Å². The topological polar surface area (TPSA) is 84.5 Å². The molecule has 0 heterocycles. The molecule has 94 valence electrons. The van der Waals surface area contributed by atoms with Crippen molar-refractivity contribution in [1.82, 2.24) is 10.6 Å². The van der Waals surface area contributed by atoms with E-state index in [9.17, 15) is 14.4 Å². The van der Waals surface area contributed by atoms with Crippen LogP contribution in [0.25, 0.3) is 0 Å². The molecule has 6 heteroatoms. The summed E-state index contributed by atoms with van der Waals surface area (Å²) in [7, 11) is 0. The average molecular weight is 240 g/mol. The van der Waals surface area contributed by atoms with E-state index < -0.39 is 17.9 Å². The van der Waals surface area contributed by atoms with Crippen LogP contribution in [0, 0.1) is 0 Å². The van der Waals surface area contributed by atoms with Crippen molar-refractivity contribution in [2.24, 2.45) is 0 Å². The zero-order valence-corrected chi connectivity index (χ0v) is 9.75. The molecule has 0 aliphatic heterocycles. The van der Waals surface area contributed by atoms with Crippen molar-refractivity contribution in [1.29, 1.82) is 0 Å². The molecular formula is C11H16N2O4. The normalized spacial score (nSPS) is 9.00. The van der Waals surface area contributed by atoms with Gasteiger partial charge in [-0.05, 0) is 6.92 Å². The minimum absolute atomic E-state index is 0.0226. The molecule has 0 unspecified atom stereocenters. The van der Waals surface area contributed by atoms with Crippen LogP contribution in [-0.4, -0.2) is 31.1 Å². The van der Waals surface area contributed by atoms with E-state index >= 15 is 0 Å². The van der Waals surface area contributed by atoms with Gasteiger partial charge < -0.3 is 10.1 Å². The van der Waals surface area contributed by atoms with Crippen LogP contribution in [0.1, 0.15) is 13.3 Å². The summed E-state index contributed by atoms with van der Waals surface area (Å²) in [6.45, 7) is 8.43. The number of imide groups is 1. The van der Waals surface area contributed by atoms with Crippen molar-refractivity contribution in [2.45, 2.75) is 13.3 Å². The van der Waals surface area contributed by atoms with Crippen LogP contribution in [0.15, 0.2) is 24.8 Å². The van der Waals surface area contributed by atoms with Crippen LogP contribution in [0.5, 0.6) is 0 Å². The molecule has 0 aromatic rings. The number of hydrogen-bond donors (Lipinski definition) is 2. The van der Waals surface area contributed by atoms with Crippen LogP contribution >= 0.6 is 0 Å². The Labute approximate surface area is 99.7 Å². The fourth-order valence-corrected chi connectivity index (χ4v) is 0.784. The highest BCUT2D eigenvalue weighted by atomic mass is 16.5. The minimum atomic E-state index is -0.636. The van der Waals surface area contributed by atoms with Gasteiger partial charge in [-0.2, -0.15) is 0 Å². The molecule has 0 bridgehead atoms. The lowest BCUT2D eigenvalue weighted by Gasteiger charge is -2.06. The molecule has 2 N–H and O–H groups in total. The lowest BCUT2D eigenvalue weighted by atomic mass is 10.4. The summed E-state index contributed by atoms with van der Waals surface area (Å²) in [6.07, 6.45) is 1.45. The number of ether oxygens (including phenoxy) is 1. The van der Waals surface area contributed by atoms with Crippen molar-refractivity contribution in [3.8, 4) is 0 Å². The summed E-state index contributed by atoms with van der Waals surface area (Å²) >= 11 is 0. The van der Waals surface area contributed by atoms with Crippen molar-refractivity contribution in [3.05, 3.63) is 24.8 Å². The number of nitrogens with one attached hydrogen (secondary N) is 2. The van der Waals surface area contributed by atoms with Gasteiger partial charge in [-0.3, -0.25) is 10.1 Å². The minimum Gasteiger partial charge on any atom is -0.460 e. The summed E-state index contributed by atoms with van der Waals surface area (Å²) in [6, 6.07) is -0.636. The predicted molar refractivity (Wildman–Crippen MR) is 62.1 cm³/mol. The standard InChI is InChI=1S/C11H16N2O4/c1-4-5-9(14)13-11(16)12-6-7-17-10(15)8(2)3/h4H,1-2,5-7H2,3H3,(H2,12,13,14,16). The summed E-state index contributed by atoms with van der Waals surface area (Å²) < 4.78 is 4.72. The van der Waals surface area contributed by atoms with Crippen LogP contribution in [0.4, 0.5) is 4.79 Å². The lowest BCUT2D eigenvalue weighted by Crippen LogP contribution is -2.40. The zero-order chi connectivity index (χ0) is 13.3. The zero-order valence-electron chi connectivity index (χ0n) is 9.75. The van der Waals surface area contributed by atoms with Crippen LogP contribution < -0.4 is 10.6 Å². The Hall–Kier alpha value is -2.11. The molecule has 17 heavy (non-hydrogen) atoms. The molecule has 6 nitrogen and oxygen atoms in total. The van der Waals surface area contributed by atoms with Gasteiger partial charge in [0.2, 0.25) is 5.91 Å². The van der Waals surface area contributed by atoms with Crippen molar-refractivity contribution in [2.75, 3.05) is 13.2 Å². The predicted octanol–water partition coefficient (Wildman–Crippen LogP) is 0.508. The highest BCUT2D eigenvalue weighted by molar-refractivity contribution is 5.94. The first-order valence-corrected chi connectivity index (χ1v) is 4.98. The summed E-state index contributed by atoms with van der Waals surface area (Å²) in [4.78, 5) is 33.0. The Kier molecular flexibility index (Phi) is 7.09. The molecule has 0 aromatic heterocycles. The number of rotatable bonds is 6. The van der Waals surface area contributed by atoms with E-state index in [-0.39, 0.29) is 25.1 Å². The largest absolute Gasteiger partial charge is 0.460 e. The van der Waals surface area contributed by atoms with Gasteiger partial charge in [0, 0.05) is 12.0 Å². The number of urea groups is 1. The third-order valence-electron chi connectivity index (χ3n) is 1.55. The van der Waals surface area contributed by atoms with Crippen LogP contribution in [0.3, 0.4) is 0 Å². The lowest BCUT2D eigenvalue weighted by molar-refractivity contribution is -0.138. The summed E-state index contributed by atoms with van der Waals surface area (Å²) in [5.41, 5.74) is 0.288. The van der Waals surface area contributed by atoms with E-state index in [0.29, 0.717) is 0 Å². The molecule has 0 aromatic carbocycles. The Balaban J connectivity index is 3.65. The molecule has 0 aliphatic carbocycles. The van der Waals surface area contributed by atoms with E-state index in [1.165, 1.54) is 13.0 Å². The molecule has 0 spiro atoms. The smallest absolute Gasteiger partial charge is 0.333 e. The molecule has 0 atom stereocenters. The van der Waals surface area contributed by atoms with Crippen LogP contribution in [0.2, 0.25) is 0 Å². The van der Waals surface area contributed by atoms with E-state index in [1.807, 2.05) is 0 Å². The Morgan fingerprint density at radius 1 is 1.35 bits per heavy atom. The Morgan fingerprint density at radius 2 is 2.00 bits per heavy atom. The molecule has 0 saturated heterocycles. The molecule has 0 radical (unpaired) electrons. The van der Waals surface area contributed by atoms with Gasteiger partial charge in [-0.15, -0.1) is 6.58 Å². The fraction of sp³-hybridized carbons (Fsp3) is 0.364. The average Bonchev–Trinajstić information content (AvgIpc) is 2.24. The first-order valence-electron chi connectivity index (χ1n) is 4.98. The molecule has 0 saturated carbocycles. The second-order valence-corrected chi connectivity index (χ2v) is 3.21. The number of carbonyl (C=O) groups excluding carboxylic acids is 3. The maximum atomic E-state index is 11.1. The van der Waals surface area contributed by atoms with Gasteiger partial charge in [0.1, 0.15) is 6.61 Å². The van der Waals surface area contributed by atoms with Gasteiger partial charge in [0.05, 0.1) is 6.54 Å². The number of carbonyl (C=O) groups is 3. The highest BCUT2D eigenvalue weighted by Crippen LogP contribution is 1.90. The summed E-state index contributed by atoms with van der Waals surface area (Å²) in [5, 5.41) is 4.43. The maximum absolute atomic E-state index is 11.1. The third-order valence-corrected chi connectivity index (χ3v) is 1.55. The van der Waals surface area contributed by atoms with Gasteiger partial charge >= 0.3 is 12.0 Å². The second-order valence-electron chi connectivity index (χ2n) is 3.21. The molecular weight excluding hydrogens is 224 g/mol. The molecule has 0 rings (SSSR count). The van der Waals surface area contributed by atoms with Gasteiger partial charge in [-0.1, -0.05) is 12.7 Å². The first-order chi connectivity index (χ1) is 7.97. The fourth-order valence-electron chi connectivity index (χ4n) is 0.784. The van der Waals surface area contributed by atoms with E-state index in [1.54, 1.807) is 0 Å². The van der Waals surface area contributed by atoms with Gasteiger partial charge in [-0.25, -0.2) is 9.59 Å². The van der Waals surface area contributed by atoms with Crippen molar-refractivity contribution in [3.63, 3.8) is 0 Å². The van der Waals surface area contributed by atoms with Crippen LogP contribution in [-0.2, 0) is 14.3 Å². The SMILES string of the molecule is C=CCC(=O)NC(=O)NCCOC(=O)C(=C)C. The first kappa shape index (κ1) is 14.9. The third kappa shape index (κ3) is 7.78. The Bertz CT molecular complexity index is 336. The Morgan fingerprint density at radius 3 is 2.53 bits per heavy atom. The quantitative estimate of drug-likeness (QED) is 0.306. The van der Waals surface area contributed by atoms with Crippen molar-refractivity contribution >= 4 is 17.9 Å². The van der Waals surface area contributed by atoms with Gasteiger partial charge in [0.15, 0.2) is 0 Å². The number of esters is 1. The monoisotopic (exact) mass is 240 g/mol. The highest BCUT2D eigenvalue weighted by Gasteiger charge is 2.06. The molecule has 0 aliphatic rings. The van der Waals surface area contributed by atoms with Gasteiger partial charge in [0.25, 0.3) is 0 Å². The van der Waals surface area contributed by atoms with E-state index in [2.05, 4.69) is 23.8 Å². The number of amides is 3. The molecule has 0 fully saturated rings. The number of hydrogen-bond acceptors (Lipinski definition) is 4.